The molecule has 43 heavy (non-hydrogen) atoms. The molecule has 3 fully saturated rings. The molecule has 0 amide bonds. The first-order valence-electron chi connectivity index (χ1n) is 15.2. The Morgan fingerprint density at radius 2 is 1.88 bits per heavy atom. The van der Waals surface area contributed by atoms with Crippen LogP contribution in [0, 0.1) is 11.3 Å². The molecule has 1 unspecified atom stereocenters. The van der Waals surface area contributed by atoms with E-state index in [1.165, 1.54) is 24.8 Å². The van der Waals surface area contributed by atoms with Crippen LogP contribution >= 0.6 is 23.2 Å². The van der Waals surface area contributed by atoms with E-state index in [0.717, 1.165) is 72.9 Å². The molecule has 2 atom stereocenters. The molecule has 4 aromatic rings. The van der Waals surface area contributed by atoms with Crippen molar-refractivity contribution in [2.75, 3.05) is 19.7 Å². The molecule has 2 aliphatic carbocycles. The molecule has 0 radical (unpaired) electrons. The van der Waals surface area contributed by atoms with Crippen LogP contribution in [0.4, 0.5) is 0 Å². The number of carboxylic acids is 1. The van der Waals surface area contributed by atoms with Crippen molar-refractivity contribution < 1.29 is 19.4 Å². The minimum atomic E-state index is -0.900. The zero-order valence-corrected chi connectivity index (χ0v) is 25.3. The van der Waals surface area contributed by atoms with E-state index in [1.54, 1.807) is 18.2 Å². The monoisotopic (exact) mass is 617 g/mol. The normalized spacial score (nSPS) is 22.7. The third-order valence-electron chi connectivity index (χ3n) is 10.1. The van der Waals surface area contributed by atoms with E-state index in [4.69, 9.17) is 37.7 Å². The van der Waals surface area contributed by atoms with Gasteiger partial charge < -0.3 is 19.1 Å². The van der Waals surface area contributed by atoms with Crippen molar-refractivity contribution in [1.82, 2.24) is 14.5 Å². The molecule has 2 saturated carbocycles. The number of fused-ring (bicyclic) bond motifs is 2. The predicted octanol–water partition coefficient (Wildman–Crippen LogP) is 7.73. The number of halogens is 2. The Hall–Kier alpha value is -3.26. The number of carboxylic acid groups (broad SMARTS) is 1. The van der Waals surface area contributed by atoms with E-state index >= 15 is 0 Å². The SMILES string of the molecule is O=C(O)c1ccc2nc(CN3CCC(c4cccc5c4O[C@@H](c4ccc(Cl)cc4Cl)CO5)CC3)n(CC3CC34CC4)c2c1. The second-order valence-corrected chi connectivity index (χ2v) is 13.6. The summed E-state index contributed by atoms with van der Waals surface area (Å²) in [7, 11) is 0. The standard InChI is InChI=1S/C34H33Cl2N3O4/c35-23-5-6-25(26(36)15-23)30-19-42-29-3-1-2-24(32(29)43-30)20-8-12-38(13-9-20)18-31-37-27-7-4-21(33(40)41)14-28(27)39(31)17-22-16-34(22)10-11-34/h1-7,14-15,20,22,30H,8-13,16-19H2,(H,40,41)/t22?,30-/m1/s1. The number of carbonyl (C=O) groups is 1. The highest BCUT2D eigenvalue weighted by Crippen LogP contribution is 2.71. The molecule has 0 bridgehead atoms. The summed E-state index contributed by atoms with van der Waals surface area (Å²) < 4.78 is 15.0. The van der Waals surface area contributed by atoms with Gasteiger partial charge in [0.25, 0.3) is 0 Å². The Bertz CT molecular complexity index is 1740. The van der Waals surface area contributed by atoms with Gasteiger partial charge in [0.05, 0.1) is 23.1 Å². The number of para-hydroxylation sites is 1. The lowest BCUT2D eigenvalue weighted by atomic mass is 9.88. The van der Waals surface area contributed by atoms with Gasteiger partial charge in [-0.3, -0.25) is 4.90 Å². The summed E-state index contributed by atoms with van der Waals surface area (Å²) in [6, 6.07) is 17.0. The second-order valence-electron chi connectivity index (χ2n) is 12.7. The van der Waals surface area contributed by atoms with Crippen LogP contribution in [-0.2, 0) is 13.1 Å². The minimum absolute atomic E-state index is 0.297. The molecule has 1 saturated heterocycles. The number of nitrogens with zero attached hydrogens (tertiary/aromatic N) is 3. The first kappa shape index (κ1) is 27.3. The fourth-order valence-electron chi connectivity index (χ4n) is 7.27. The number of aromatic carboxylic acids is 1. The van der Waals surface area contributed by atoms with E-state index in [0.29, 0.717) is 39.5 Å². The summed E-state index contributed by atoms with van der Waals surface area (Å²) in [5.41, 5.74) is 4.76. The highest BCUT2D eigenvalue weighted by molar-refractivity contribution is 6.35. The van der Waals surface area contributed by atoms with Crippen LogP contribution in [0.3, 0.4) is 0 Å². The number of aromatic nitrogens is 2. The summed E-state index contributed by atoms with van der Waals surface area (Å²) in [6.45, 7) is 3.97. The van der Waals surface area contributed by atoms with Crippen LogP contribution in [0.2, 0.25) is 10.0 Å². The van der Waals surface area contributed by atoms with Gasteiger partial charge in [0, 0.05) is 27.7 Å². The Kier molecular flexibility index (Phi) is 6.62. The lowest BCUT2D eigenvalue weighted by Crippen LogP contribution is -2.34. The fraction of sp³-hybridized carbons (Fsp3) is 0.412. The zero-order valence-electron chi connectivity index (χ0n) is 23.8. The summed E-state index contributed by atoms with van der Waals surface area (Å²) in [4.78, 5) is 19.2. The molecule has 9 heteroatoms. The molecule has 4 aliphatic rings. The van der Waals surface area contributed by atoms with Gasteiger partial charge in [-0.15, -0.1) is 0 Å². The maximum absolute atomic E-state index is 11.7. The zero-order chi connectivity index (χ0) is 29.3. The molecule has 2 aliphatic heterocycles. The molecule has 3 heterocycles. The second kappa shape index (κ2) is 10.4. The first-order chi connectivity index (χ1) is 20.9. The number of rotatable bonds is 7. The number of imidazole rings is 1. The van der Waals surface area contributed by atoms with Crippen molar-refractivity contribution in [2.24, 2.45) is 11.3 Å². The smallest absolute Gasteiger partial charge is 0.335 e. The van der Waals surface area contributed by atoms with Crippen molar-refractivity contribution in [3.63, 3.8) is 0 Å². The van der Waals surface area contributed by atoms with Crippen LogP contribution in [0.1, 0.15) is 71.4 Å². The van der Waals surface area contributed by atoms with Gasteiger partial charge in [0.2, 0.25) is 0 Å². The van der Waals surface area contributed by atoms with Crippen LogP contribution in [0.15, 0.2) is 54.6 Å². The van der Waals surface area contributed by atoms with E-state index < -0.39 is 5.97 Å². The Labute approximate surface area is 260 Å². The summed E-state index contributed by atoms with van der Waals surface area (Å²) in [6.07, 6.45) is 5.66. The van der Waals surface area contributed by atoms with Crippen molar-refractivity contribution in [2.45, 2.75) is 57.2 Å². The van der Waals surface area contributed by atoms with Gasteiger partial charge in [-0.1, -0.05) is 41.4 Å². The van der Waals surface area contributed by atoms with Gasteiger partial charge in [0.1, 0.15) is 12.4 Å². The Morgan fingerprint density at radius 1 is 1.05 bits per heavy atom. The maximum atomic E-state index is 11.7. The number of benzene rings is 3. The average molecular weight is 619 g/mol. The molecule has 222 valence electrons. The van der Waals surface area contributed by atoms with E-state index in [2.05, 4.69) is 21.6 Å². The Morgan fingerprint density at radius 3 is 2.63 bits per heavy atom. The van der Waals surface area contributed by atoms with Gasteiger partial charge in [-0.05, 0) is 98.8 Å². The fourth-order valence-corrected chi connectivity index (χ4v) is 7.80. The summed E-state index contributed by atoms with van der Waals surface area (Å²) in [5.74, 6) is 2.77. The number of ether oxygens (including phenoxy) is 2. The van der Waals surface area contributed by atoms with Crippen molar-refractivity contribution in [3.05, 3.63) is 87.2 Å². The predicted molar refractivity (Wildman–Crippen MR) is 165 cm³/mol. The molecule has 8 rings (SSSR count). The number of likely N-dealkylation sites (tertiary alicyclic amines) is 1. The summed E-state index contributed by atoms with van der Waals surface area (Å²) in [5, 5.41) is 10.8. The Balaban J connectivity index is 0.994. The van der Waals surface area contributed by atoms with Crippen LogP contribution < -0.4 is 9.47 Å². The first-order valence-corrected chi connectivity index (χ1v) is 15.9. The van der Waals surface area contributed by atoms with Gasteiger partial charge in [0.15, 0.2) is 17.6 Å². The van der Waals surface area contributed by atoms with Crippen molar-refractivity contribution in [1.29, 1.82) is 0 Å². The molecule has 1 spiro atoms. The van der Waals surface area contributed by atoms with Crippen molar-refractivity contribution in [3.8, 4) is 11.5 Å². The van der Waals surface area contributed by atoms with E-state index in [9.17, 15) is 9.90 Å². The minimum Gasteiger partial charge on any atom is -0.485 e. The van der Waals surface area contributed by atoms with Crippen LogP contribution in [0.5, 0.6) is 11.5 Å². The number of piperidine rings is 1. The van der Waals surface area contributed by atoms with Gasteiger partial charge >= 0.3 is 5.97 Å². The molecule has 7 nitrogen and oxygen atoms in total. The third-order valence-corrected chi connectivity index (χ3v) is 10.7. The topological polar surface area (TPSA) is 76.8 Å². The lowest BCUT2D eigenvalue weighted by molar-refractivity contribution is 0.0697. The largest absolute Gasteiger partial charge is 0.485 e. The summed E-state index contributed by atoms with van der Waals surface area (Å²) >= 11 is 12.6. The highest BCUT2D eigenvalue weighted by atomic mass is 35.5. The highest BCUT2D eigenvalue weighted by Gasteiger charge is 2.62. The van der Waals surface area contributed by atoms with Crippen molar-refractivity contribution >= 4 is 40.2 Å². The van der Waals surface area contributed by atoms with Crippen LogP contribution in [-0.4, -0.2) is 45.2 Å². The molecule has 1 aromatic heterocycles. The molecule has 3 aromatic carbocycles. The quantitative estimate of drug-likeness (QED) is 0.229. The number of hydrogen-bond donors (Lipinski definition) is 1. The lowest BCUT2D eigenvalue weighted by Gasteiger charge is -2.35. The van der Waals surface area contributed by atoms with Gasteiger partial charge in [-0.2, -0.15) is 0 Å². The third kappa shape index (κ3) is 5.05. The van der Waals surface area contributed by atoms with Crippen LogP contribution in [0.25, 0.3) is 11.0 Å². The molecular weight excluding hydrogens is 585 g/mol. The molecule has 1 N–H and O–H groups in total. The molecular formula is C34H33Cl2N3O4. The maximum Gasteiger partial charge on any atom is 0.335 e. The number of hydrogen-bond acceptors (Lipinski definition) is 5. The average Bonchev–Trinajstić information content (AvgIpc) is 3.91. The van der Waals surface area contributed by atoms with E-state index in [-0.39, 0.29) is 6.10 Å². The van der Waals surface area contributed by atoms with Gasteiger partial charge in [-0.25, -0.2) is 9.78 Å². The van der Waals surface area contributed by atoms with E-state index in [1.807, 2.05) is 24.3 Å².